The van der Waals surface area contributed by atoms with Crippen LogP contribution in [-0.4, -0.2) is 21.9 Å². The first-order valence-corrected chi connectivity index (χ1v) is 10.5. The summed E-state index contributed by atoms with van der Waals surface area (Å²) in [5, 5.41) is 19.5. The van der Waals surface area contributed by atoms with Crippen LogP contribution >= 0.6 is 11.3 Å². The number of rotatable bonds is 3. The maximum Gasteiger partial charge on any atom is 0.410 e. The van der Waals surface area contributed by atoms with E-state index in [1.54, 1.807) is 12.1 Å². The van der Waals surface area contributed by atoms with E-state index >= 15 is 0 Å². The summed E-state index contributed by atoms with van der Waals surface area (Å²) in [4.78, 5) is 13.8. The van der Waals surface area contributed by atoms with Crippen LogP contribution in [0.2, 0.25) is 0 Å². The lowest BCUT2D eigenvalue weighted by atomic mass is 10.0. The van der Waals surface area contributed by atoms with Crippen LogP contribution in [0.4, 0.5) is 24.0 Å². The molecule has 0 spiro atoms. The van der Waals surface area contributed by atoms with Crippen molar-refractivity contribution in [1.29, 1.82) is 5.26 Å². The molecular formula is C20H16F3N5O2S. The monoisotopic (exact) mass is 447 g/mol. The first-order chi connectivity index (χ1) is 14.8. The second-order valence-corrected chi connectivity index (χ2v) is 8.60. The predicted octanol–water partition coefficient (Wildman–Crippen LogP) is 4.81. The van der Waals surface area contributed by atoms with Crippen molar-refractivity contribution in [2.45, 2.75) is 43.9 Å². The highest BCUT2D eigenvalue weighted by molar-refractivity contribution is 7.16. The second-order valence-electron chi connectivity index (χ2n) is 7.49. The highest BCUT2D eigenvalue weighted by Gasteiger charge is 2.47. The molecule has 0 radical (unpaired) electrons. The molecule has 0 saturated carbocycles. The second kappa shape index (κ2) is 7.16. The van der Waals surface area contributed by atoms with Crippen molar-refractivity contribution in [3.63, 3.8) is 0 Å². The first-order valence-electron chi connectivity index (χ1n) is 9.67. The standard InChI is InChI=1S/C20H16F3N5O2S/c21-20(22,23)16-7-12(14-4-2-6-30-14)25-17-8-13(27-28(16)17)18(29)26-19-11(9-24)10-3-1-5-15(10)31-19/h2,4,6,8,12,16,25H,1,3,5,7H2,(H,26,29)/t12-,16+/m0/s1. The topological polar surface area (TPSA) is 95.9 Å². The number of halogens is 3. The highest BCUT2D eigenvalue weighted by Crippen LogP contribution is 2.44. The quantitative estimate of drug-likeness (QED) is 0.601. The number of fused-ring (bicyclic) bond motifs is 2. The number of nitrogens with zero attached hydrogens (tertiary/aromatic N) is 3. The summed E-state index contributed by atoms with van der Waals surface area (Å²) in [6.07, 6.45) is -0.856. The summed E-state index contributed by atoms with van der Waals surface area (Å²) in [5.41, 5.74) is 1.22. The van der Waals surface area contributed by atoms with E-state index in [-0.39, 0.29) is 17.9 Å². The summed E-state index contributed by atoms with van der Waals surface area (Å²) in [5.74, 6) is -0.204. The number of alkyl halides is 3. The van der Waals surface area contributed by atoms with Crippen molar-refractivity contribution in [1.82, 2.24) is 9.78 Å². The molecule has 1 amide bonds. The Bertz CT molecular complexity index is 1190. The van der Waals surface area contributed by atoms with E-state index in [4.69, 9.17) is 4.42 Å². The van der Waals surface area contributed by atoms with E-state index in [0.29, 0.717) is 16.3 Å². The number of furan rings is 1. The Morgan fingerprint density at radius 1 is 1.42 bits per heavy atom. The summed E-state index contributed by atoms with van der Waals surface area (Å²) in [6, 6.07) is 4.02. The number of hydrogen-bond donors (Lipinski definition) is 2. The van der Waals surface area contributed by atoms with Gasteiger partial charge in [0.25, 0.3) is 5.91 Å². The molecule has 160 valence electrons. The SMILES string of the molecule is N#Cc1c(NC(=O)c2cc3n(n2)[C@@H](C(F)(F)F)C[C@@H](c2ccco2)N3)sc2c1CCC2. The zero-order valence-electron chi connectivity index (χ0n) is 16.0. The fourth-order valence-corrected chi connectivity index (χ4v) is 5.37. The third kappa shape index (κ3) is 3.37. The Kier molecular flexibility index (Phi) is 4.55. The molecular weight excluding hydrogens is 431 g/mol. The number of thiophene rings is 1. The Labute approximate surface area is 178 Å². The van der Waals surface area contributed by atoms with Gasteiger partial charge in [0, 0.05) is 17.4 Å². The smallest absolute Gasteiger partial charge is 0.410 e. The molecule has 0 unspecified atom stereocenters. The fourth-order valence-electron chi connectivity index (χ4n) is 4.14. The van der Waals surface area contributed by atoms with Gasteiger partial charge >= 0.3 is 6.18 Å². The minimum absolute atomic E-state index is 0.0781. The highest BCUT2D eigenvalue weighted by atomic mass is 32.1. The number of nitrogens with one attached hydrogen (secondary N) is 2. The molecule has 3 aromatic heterocycles. The zero-order valence-corrected chi connectivity index (χ0v) is 16.8. The van der Waals surface area contributed by atoms with Crippen LogP contribution in [0.3, 0.4) is 0 Å². The number of nitriles is 1. The summed E-state index contributed by atoms with van der Waals surface area (Å²) < 4.78 is 47.3. The van der Waals surface area contributed by atoms with Crippen molar-refractivity contribution in [2.75, 3.05) is 10.6 Å². The zero-order chi connectivity index (χ0) is 21.8. The van der Waals surface area contributed by atoms with Crippen LogP contribution in [0.5, 0.6) is 0 Å². The molecule has 0 fully saturated rings. The van der Waals surface area contributed by atoms with Crippen LogP contribution in [0.25, 0.3) is 0 Å². The molecule has 5 rings (SSSR count). The third-order valence-corrected chi connectivity index (χ3v) is 6.78. The van der Waals surface area contributed by atoms with Crippen molar-refractivity contribution in [3.8, 4) is 6.07 Å². The van der Waals surface area contributed by atoms with Gasteiger partial charge in [-0.25, -0.2) is 4.68 Å². The average molecular weight is 447 g/mol. The number of anilines is 2. The number of carbonyl (C=O) groups is 1. The minimum atomic E-state index is -4.55. The lowest BCUT2D eigenvalue weighted by Gasteiger charge is -2.32. The fraction of sp³-hybridized carbons (Fsp3) is 0.350. The van der Waals surface area contributed by atoms with E-state index in [2.05, 4.69) is 21.8 Å². The van der Waals surface area contributed by atoms with Gasteiger partial charge in [0.05, 0.1) is 17.9 Å². The van der Waals surface area contributed by atoms with E-state index < -0.39 is 24.2 Å². The molecule has 2 N–H and O–H groups in total. The van der Waals surface area contributed by atoms with Crippen LogP contribution in [0.15, 0.2) is 28.9 Å². The number of hydrogen-bond acceptors (Lipinski definition) is 6. The van der Waals surface area contributed by atoms with Crippen molar-refractivity contribution < 1.29 is 22.4 Å². The molecule has 1 aliphatic heterocycles. The molecule has 1 aliphatic carbocycles. The molecule has 11 heteroatoms. The van der Waals surface area contributed by atoms with Gasteiger partial charge in [-0.1, -0.05) is 0 Å². The van der Waals surface area contributed by atoms with E-state index in [1.165, 1.54) is 23.7 Å². The maximum atomic E-state index is 13.7. The van der Waals surface area contributed by atoms with Gasteiger partial charge in [-0.3, -0.25) is 4.79 Å². The Morgan fingerprint density at radius 3 is 2.97 bits per heavy atom. The largest absolute Gasteiger partial charge is 0.467 e. The number of aromatic nitrogens is 2. The average Bonchev–Trinajstić information content (AvgIpc) is 3.48. The molecule has 0 saturated heterocycles. The van der Waals surface area contributed by atoms with Crippen LogP contribution in [0.1, 0.15) is 57.2 Å². The summed E-state index contributed by atoms with van der Waals surface area (Å²) in [6.45, 7) is 0. The van der Waals surface area contributed by atoms with Crippen molar-refractivity contribution >= 4 is 28.1 Å². The van der Waals surface area contributed by atoms with Crippen molar-refractivity contribution in [2.24, 2.45) is 0 Å². The number of aryl methyl sites for hydroxylation is 1. The van der Waals surface area contributed by atoms with Gasteiger partial charge < -0.3 is 15.1 Å². The van der Waals surface area contributed by atoms with Gasteiger partial charge in [-0.05, 0) is 37.0 Å². The molecule has 2 aliphatic rings. The summed E-state index contributed by atoms with van der Waals surface area (Å²) in [7, 11) is 0. The van der Waals surface area contributed by atoms with E-state index in [9.17, 15) is 23.2 Å². The normalized spacial score (nSPS) is 19.9. The molecule has 2 atom stereocenters. The van der Waals surface area contributed by atoms with Gasteiger partial charge in [-0.2, -0.15) is 23.5 Å². The molecule has 4 heterocycles. The molecule has 31 heavy (non-hydrogen) atoms. The van der Waals surface area contributed by atoms with Gasteiger partial charge in [0.1, 0.15) is 22.6 Å². The Balaban J connectivity index is 1.45. The molecule has 0 aromatic carbocycles. The van der Waals surface area contributed by atoms with Crippen LogP contribution in [-0.2, 0) is 12.8 Å². The van der Waals surface area contributed by atoms with Crippen LogP contribution < -0.4 is 10.6 Å². The van der Waals surface area contributed by atoms with Gasteiger partial charge in [0.15, 0.2) is 11.7 Å². The molecule has 7 nitrogen and oxygen atoms in total. The van der Waals surface area contributed by atoms with Gasteiger partial charge in [0.2, 0.25) is 0 Å². The lowest BCUT2D eigenvalue weighted by Crippen LogP contribution is -2.35. The Hall–Kier alpha value is -3.26. The third-order valence-electron chi connectivity index (χ3n) is 5.57. The lowest BCUT2D eigenvalue weighted by molar-refractivity contribution is -0.174. The molecule has 3 aromatic rings. The summed E-state index contributed by atoms with van der Waals surface area (Å²) >= 11 is 1.34. The van der Waals surface area contributed by atoms with Crippen LogP contribution in [0, 0.1) is 11.3 Å². The first kappa shape index (κ1) is 19.7. The predicted molar refractivity (Wildman–Crippen MR) is 106 cm³/mol. The van der Waals surface area contributed by atoms with E-state index in [1.807, 2.05) is 0 Å². The Morgan fingerprint density at radius 2 is 2.26 bits per heavy atom. The number of carbonyl (C=O) groups excluding carboxylic acids is 1. The minimum Gasteiger partial charge on any atom is -0.467 e. The van der Waals surface area contributed by atoms with Gasteiger partial charge in [-0.15, -0.1) is 11.3 Å². The van der Waals surface area contributed by atoms with Crippen molar-refractivity contribution in [3.05, 3.63) is 51.9 Å². The number of amides is 1. The maximum absolute atomic E-state index is 13.7. The van der Waals surface area contributed by atoms with E-state index in [0.717, 1.165) is 34.4 Å². The molecule has 0 bridgehead atoms.